The van der Waals surface area contributed by atoms with Gasteiger partial charge in [-0.05, 0) is 55.8 Å². The molecule has 2 aromatic carbocycles. The first-order valence-electron chi connectivity index (χ1n) is 10.8. The molecule has 0 aliphatic carbocycles. The summed E-state index contributed by atoms with van der Waals surface area (Å²) in [5.41, 5.74) is 2.44. The van der Waals surface area contributed by atoms with Gasteiger partial charge in [0, 0.05) is 43.1 Å². The van der Waals surface area contributed by atoms with Crippen LogP contribution in [-0.2, 0) is 11.3 Å². The van der Waals surface area contributed by atoms with Crippen LogP contribution in [0.2, 0.25) is 0 Å². The number of rotatable bonds is 5. The number of benzene rings is 2. The van der Waals surface area contributed by atoms with Crippen molar-refractivity contribution < 1.29 is 9.53 Å². The number of anilines is 1. The minimum absolute atomic E-state index is 0.168. The van der Waals surface area contributed by atoms with Crippen molar-refractivity contribution in [1.29, 1.82) is 0 Å². The highest BCUT2D eigenvalue weighted by Gasteiger charge is 2.30. The number of hydrogen-bond donors (Lipinski definition) is 0. The van der Waals surface area contributed by atoms with Crippen molar-refractivity contribution in [2.45, 2.75) is 19.4 Å². The lowest BCUT2D eigenvalue weighted by molar-refractivity contribution is -0.137. The van der Waals surface area contributed by atoms with E-state index in [0.29, 0.717) is 5.91 Å². The zero-order valence-corrected chi connectivity index (χ0v) is 19.2. The third-order valence-corrected chi connectivity index (χ3v) is 6.74. The van der Waals surface area contributed by atoms with Gasteiger partial charge in [-0.1, -0.05) is 40.2 Å². The number of halogens is 1. The second-order valence-corrected chi connectivity index (χ2v) is 9.08. The molecule has 0 N–H and O–H groups in total. The third kappa shape index (κ3) is 4.98. The molecule has 0 radical (unpaired) electrons. The summed E-state index contributed by atoms with van der Waals surface area (Å²) >= 11 is 3.55. The topological polar surface area (TPSA) is 36.0 Å². The highest BCUT2D eigenvalue weighted by atomic mass is 79.9. The molecule has 0 saturated carbocycles. The standard InChI is InChI=1S/C24H30BrN3O2/c1-30-23-8-3-2-7-22(23)27-13-15-28(16-14-27)24(29)20-9-11-26(12-10-20)18-19-5-4-6-21(25)17-19/h2-8,17,20H,9-16,18H2,1H3. The molecular weight excluding hydrogens is 442 g/mol. The Bertz CT molecular complexity index is 859. The van der Waals surface area contributed by atoms with Crippen LogP contribution in [0.5, 0.6) is 5.75 Å². The lowest BCUT2D eigenvalue weighted by atomic mass is 9.94. The zero-order chi connectivity index (χ0) is 20.9. The van der Waals surface area contributed by atoms with Crippen LogP contribution in [0.15, 0.2) is 53.0 Å². The van der Waals surface area contributed by atoms with E-state index in [1.165, 1.54) is 5.56 Å². The highest BCUT2D eigenvalue weighted by Crippen LogP contribution is 2.29. The Hall–Kier alpha value is -2.05. The zero-order valence-electron chi connectivity index (χ0n) is 17.6. The monoisotopic (exact) mass is 471 g/mol. The van der Waals surface area contributed by atoms with E-state index in [0.717, 1.165) is 74.6 Å². The van der Waals surface area contributed by atoms with Crippen LogP contribution in [0.1, 0.15) is 18.4 Å². The minimum atomic E-state index is 0.168. The van der Waals surface area contributed by atoms with E-state index in [4.69, 9.17) is 4.74 Å². The second-order valence-electron chi connectivity index (χ2n) is 8.16. The van der Waals surface area contributed by atoms with Gasteiger partial charge >= 0.3 is 0 Å². The molecule has 2 aromatic rings. The molecule has 2 fully saturated rings. The Balaban J connectivity index is 1.26. The van der Waals surface area contributed by atoms with Crippen LogP contribution in [0.3, 0.4) is 0 Å². The molecule has 2 aliphatic rings. The smallest absolute Gasteiger partial charge is 0.225 e. The molecule has 2 aliphatic heterocycles. The van der Waals surface area contributed by atoms with Crippen molar-refractivity contribution in [2.24, 2.45) is 5.92 Å². The van der Waals surface area contributed by atoms with E-state index in [2.05, 4.69) is 61.0 Å². The SMILES string of the molecule is COc1ccccc1N1CCN(C(=O)C2CCN(Cc3cccc(Br)c3)CC2)CC1. The van der Waals surface area contributed by atoms with Gasteiger partial charge in [-0.2, -0.15) is 0 Å². The van der Waals surface area contributed by atoms with E-state index in [-0.39, 0.29) is 5.92 Å². The van der Waals surface area contributed by atoms with Crippen LogP contribution in [0, 0.1) is 5.92 Å². The summed E-state index contributed by atoms with van der Waals surface area (Å²) in [6, 6.07) is 16.6. The summed E-state index contributed by atoms with van der Waals surface area (Å²) in [4.78, 5) is 19.9. The number of piperidine rings is 1. The van der Waals surface area contributed by atoms with Gasteiger partial charge in [0.1, 0.15) is 5.75 Å². The number of amides is 1. The van der Waals surface area contributed by atoms with Gasteiger partial charge in [0.15, 0.2) is 0 Å². The summed E-state index contributed by atoms with van der Waals surface area (Å²) in [6.45, 7) is 6.22. The fraction of sp³-hybridized carbons (Fsp3) is 0.458. The van der Waals surface area contributed by atoms with E-state index in [1.54, 1.807) is 7.11 Å². The molecule has 0 atom stereocenters. The van der Waals surface area contributed by atoms with Crippen LogP contribution < -0.4 is 9.64 Å². The number of para-hydroxylation sites is 2. The number of likely N-dealkylation sites (tertiary alicyclic amines) is 1. The summed E-state index contributed by atoms with van der Waals surface area (Å²) in [7, 11) is 1.71. The Morgan fingerprint density at radius 3 is 2.43 bits per heavy atom. The van der Waals surface area contributed by atoms with E-state index < -0.39 is 0 Å². The number of carbonyl (C=O) groups is 1. The van der Waals surface area contributed by atoms with Gasteiger partial charge in [-0.25, -0.2) is 0 Å². The lowest BCUT2D eigenvalue weighted by Crippen LogP contribution is -2.51. The predicted octanol–water partition coefficient (Wildman–Crippen LogP) is 4.02. The Morgan fingerprint density at radius 2 is 1.73 bits per heavy atom. The molecular formula is C24H30BrN3O2. The molecule has 2 saturated heterocycles. The lowest BCUT2D eigenvalue weighted by Gasteiger charge is -2.39. The number of piperazine rings is 1. The van der Waals surface area contributed by atoms with E-state index in [9.17, 15) is 4.79 Å². The van der Waals surface area contributed by atoms with Crippen LogP contribution in [0.25, 0.3) is 0 Å². The van der Waals surface area contributed by atoms with Crippen LogP contribution in [-0.4, -0.2) is 62.1 Å². The number of methoxy groups -OCH3 is 1. The second kappa shape index (κ2) is 9.84. The minimum Gasteiger partial charge on any atom is -0.495 e. The summed E-state index contributed by atoms with van der Waals surface area (Å²) in [6.07, 6.45) is 1.92. The van der Waals surface area contributed by atoms with Crippen molar-refractivity contribution in [2.75, 3.05) is 51.3 Å². The molecule has 4 rings (SSSR count). The summed E-state index contributed by atoms with van der Waals surface area (Å²) in [5.74, 6) is 1.41. The van der Waals surface area contributed by atoms with Crippen LogP contribution >= 0.6 is 15.9 Å². The molecule has 2 heterocycles. The molecule has 5 nitrogen and oxygen atoms in total. The Morgan fingerprint density at radius 1 is 1.00 bits per heavy atom. The van der Waals surface area contributed by atoms with Gasteiger partial charge in [0.05, 0.1) is 12.8 Å². The number of carbonyl (C=O) groups excluding carboxylic acids is 1. The maximum absolute atomic E-state index is 13.1. The van der Waals surface area contributed by atoms with Crippen molar-refractivity contribution in [1.82, 2.24) is 9.80 Å². The van der Waals surface area contributed by atoms with Gasteiger partial charge in [-0.15, -0.1) is 0 Å². The maximum Gasteiger partial charge on any atom is 0.225 e. The Labute approximate surface area is 187 Å². The highest BCUT2D eigenvalue weighted by molar-refractivity contribution is 9.10. The summed E-state index contributed by atoms with van der Waals surface area (Å²) in [5, 5.41) is 0. The first kappa shape index (κ1) is 21.2. The van der Waals surface area contributed by atoms with Crippen molar-refractivity contribution in [3.05, 3.63) is 58.6 Å². The molecule has 0 spiro atoms. The van der Waals surface area contributed by atoms with Gasteiger partial charge < -0.3 is 14.5 Å². The van der Waals surface area contributed by atoms with Crippen LogP contribution in [0.4, 0.5) is 5.69 Å². The Kier molecular flexibility index (Phi) is 6.95. The molecule has 160 valence electrons. The van der Waals surface area contributed by atoms with Gasteiger partial charge in [-0.3, -0.25) is 9.69 Å². The number of nitrogens with zero attached hydrogens (tertiary/aromatic N) is 3. The third-order valence-electron chi connectivity index (χ3n) is 6.25. The quantitative estimate of drug-likeness (QED) is 0.659. The summed E-state index contributed by atoms with van der Waals surface area (Å²) < 4.78 is 6.62. The van der Waals surface area contributed by atoms with Crippen molar-refractivity contribution in [3.63, 3.8) is 0 Å². The molecule has 0 unspecified atom stereocenters. The molecule has 1 amide bonds. The fourth-order valence-corrected chi connectivity index (χ4v) is 5.00. The fourth-order valence-electron chi connectivity index (χ4n) is 4.55. The first-order valence-corrected chi connectivity index (χ1v) is 11.6. The maximum atomic E-state index is 13.1. The molecule has 0 bridgehead atoms. The number of hydrogen-bond acceptors (Lipinski definition) is 4. The van der Waals surface area contributed by atoms with E-state index in [1.807, 2.05) is 18.2 Å². The van der Waals surface area contributed by atoms with E-state index >= 15 is 0 Å². The predicted molar refractivity (Wildman–Crippen MR) is 124 cm³/mol. The normalized spacial score (nSPS) is 18.5. The average Bonchev–Trinajstić information content (AvgIpc) is 2.79. The molecule has 30 heavy (non-hydrogen) atoms. The van der Waals surface area contributed by atoms with Gasteiger partial charge in [0.2, 0.25) is 5.91 Å². The van der Waals surface area contributed by atoms with Crippen molar-refractivity contribution >= 4 is 27.5 Å². The van der Waals surface area contributed by atoms with Gasteiger partial charge in [0.25, 0.3) is 0 Å². The molecule has 6 heteroatoms. The van der Waals surface area contributed by atoms with Crippen molar-refractivity contribution in [3.8, 4) is 5.75 Å². The number of ether oxygens (including phenoxy) is 1. The first-order chi connectivity index (χ1) is 14.6. The largest absolute Gasteiger partial charge is 0.495 e. The molecule has 0 aromatic heterocycles. The average molecular weight is 472 g/mol.